The molecule has 17 heavy (non-hydrogen) atoms. The number of ether oxygens (including phenoxy) is 1. The SMILES string of the molecule is CCn1cc(COc2ccccc2Br)c(C)n1. The van der Waals surface area contributed by atoms with Crippen molar-refractivity contribution in [2.45, 2.75) is 27.0 Å². The third-order valence-electron chi connectivity index (χ3n) is 2.59. The van der Waals surface area contributed by atoms with Gasteiger partial charge in [0.25, 0.3) is 0 Å². The molecule has 2 aromatic rings. The number of aryl methyl sites for hydroxylation is 2. The van der Waals surface area contributed by atoms with Gasteiger partial charge in [0.2, 0.25) is 0 Å². The Balaban J connectivity index is 2.07. The van der Waals surface area contributed by atoms with Crippen LogP contribution < -0.4 is 4.74 Å². The van der Waals surface area contributed by atoms with Crippen molar-refractivity contribution in [3.8, 4) is 5.75 Å². The summed E-state index contributed by atoms with van der Waals surface area (Å²) in [6.45, 7) is 5.51. The van der Waals surface area contributed by atoms with Crippen LogP contribution in [0.3, 0.4) is 0 Å². The number of benzene rings is 1. The highest BCUT2D eigenvalue weighted by molar-refractivity contribution is 9.10. The summed E-state index contributed by atoms with van der Waals surface area (Å²) in [6.07, 6.45) is 2.03. The topological polar surface area (TPSA) is 27.1 Å². The van der Waals surface area contributed by atoms with E-state index in [1.54, 1.807) is 0 Å². The number of para-hydroxylation sites is 1. The Kier molecular flexibility index (Phi) is 3.84. The highest BCUT2D eigenvalue weighted by Crippen LogP contribution is 2.24. The monoisotopic (exact) mass is 294 g/mol. The van der Waals surface area contributed by atoms with Crippen LogP contribution in [0.1, 0.15) is 18.2 Å². The summed E-state index contributed by atoms with van der Waals surface area (Å²) in [7, 11) is 0. The summed E-state index contributed by atoms with van der Waals surface area (Å²) in [5.41, 5.74) is 2.15. The molecule has 3 nitrogen and oxygen atoms in total. The number of rotatable bonds is 4. The second-order valence-electron chi connectivity index (χ2n) is 3.81. The number of nitrogens with zero attached hydrogens (tertiary/aromatic N) is 2. The molecule has 0 aliphatic heterocycles. The van der Waals surface area contributed by atoms with E-state index in [-0.39, 0.29) is 0 Å². The van der Waals surface area contributed by atoms with E-state index in [1.165, 1.54) is 0 Å². The standard InChI is InChI=1S/C13H15BrN2O/c1-3-16-8-11(10(2)15-16)9-17-13-7-5-4-6-12(13)14/h4-8H,3,9H2,1-2H3. The minimum Gasteiger partial charge on any atom is -0.488 e. The Labute approximate surface area is 110 Å². The van der Waals surface area contributed by atoms with Crippen molar-refractivity contribution in [1.82, 2.24) is 9.78 Å². The first kappa shape index (κ1) is 12.2. The van der Waals surface area contributed by atoms with E-state index in [2.05, 4.69) is 28.0 Å². The van der Waals surface area contributed by atoms with Crippen molar-refractivity contribution in [3.63, 3.8) is 0 Å². The highest BCUT2D eigenvalue weighted by atomic mass is 79.9. The molecular formula is C13H15BrN2O. The predicted molar refractivity (Wildman–Crippen MR) is 71.1 cm³/mol. The van der Waals surface area contributed by atoms with Gasteiger partial charge in [-0.05, 0) is 41.9 Å². The molecule has 0 bridgehead atoms. The molecule has 2 rings (SSSR count). The molecule has 1 aromatic heterocycles. The Morgan fingerprint density at radius 1 is 1.35 bits per heavy atom. The third-order valence-corrected chi connectivity index (χ3v) is 3.25. The van der Waals surface area contributed by atoms with E-state index >= 15 is 0 Å². The van der Waals surface area contributed by atoms with E-state index in [0.29, 0.717) is 6.61 Å². The second kappa shape index (κ2) is 5.36. The van der Waals surface area contributed by atoms with Crippen molar-refractivity contribution in [2.24, 2.45) is 0 Å². The van der Waals surface area contributed by atoms with Crippen LogP contribution in [0, 0.1) is 6.92 Å². The molecule has 0 radical (unpaired) electrons. The maximum Gasteiger partial charge on any atom is 0.133 e. The molecule has 0 atom stereocenters. The molecule has 0 N–H and O–H groups in total. The van der Waals surface area contributed by atoms with Crippen molar-refractivity contribution in [2.75, 3.05) is 0 Å². The maximum absolute atomic E-state index is 5.76. The van der Waals surface area contributed by atoms with Crippen molar-refractivity contribution in [3.05, 3.63) is 46.2 Å². The molecule has 0 saturated heterocycles. The van der Waals surface area contributed by atoms with E-state index in [4.69, 9.17) is 4.74 Å². The molecule has 1 aromatic carbocycles. The molecular weight excluding hydrogens is 280 g/mol. The summed E-state index contributed by atoms with van der Waals surface area (Å²) >= 11 is 3.46. The molecule has 0 unspecified atom stereocenters. The Morgan fingerprint density at radius 3 is 2.76 bits per heavy atom. The fourth-order valence-electron chi connectivity index (χ4n) is 1.58. The number of aromatic nitrogens is 2. The van der Waals surface area contributed by atoms with Crippen LogP contribution in [-0.2, 0) is 13.2 Å². The maximum atomic E-state index is 5.76. The fraction of sp³-hybridized carbons (Fsp3) is 0.308. The van der Waals surface area contributed by atoms with E-state index < -0.39 is 0 Å². The number of halogens is 1. The zero-order valence-electron chi connectivity index (χ0n) is 9.98. The van der Waals surface area contributed by atoms with Gasteiger partial charge in [-0.3, -0.25) is 4.68 Å². The molecule has 0 amide bonds. The quantitative estimate of drug-likeness (QED) is 0.862. The first-order valence-electron chi connectivity index (χ1n) is 5.61. The predicted octanol–water partition coefficient (Wildman–Crippen LogP) is 3.55. The average Bonchev–Trinajstić information content (AvgIpc) is 2.69. The van der Waals surface area contributed by atoms with Gasteiger partial charge in [0.1, 0.15) is 12.4 Å². The van der Waals surface area contributed by atoms with Gasteiger partial charge in [-0.25, -0.2) is 0 Å². The molecule has 1 heterocycles. The van der Waals surface area contributed by atoms with Crippen molar-refractivity contribution < 1.29 is 4.74 Å². The van der Waals surface area contributed by atoms with E-state index in [0.717, 1.165) is 28.0 Å². The summed E-state index contributed by atoms with van der Waals surface area (Å²) in [5.74, 6) is 0.858. The Morgan fingerprint density at radius 2 is 2.12 bits per heavy atom. The third kappa shape index (κ3) is 2.88. The van der Waals surface area contributed by atoms with Crippen LogP contribution in [0.4, 0.5) is 0 Å². The number of hydrogen-bond acceptors (Lipinski definition) is 2. The van der Waals surface area contributed by atoms with Crippen LogP contribution in [0.25, 0.3) is 0 Å². The Bertz CT molecular complexity index is 508. The van der Waals surface area contributed by atoms with Crippen molar-refractivity contribution >= 4 is 15.9 Å². The van der Waals surface area contributed by atoms with Crippen LogP contribution in [-0.4, -0.2) is 9.78 Å². The van der Waals surface area contributed by atoms with Crippen molar-refractivity contribution in [1.29, 1.82) is 0 Å². The molecule has 90 valence electrons. The van der Waals surface area contributed by atoms with Crippen LogP contribution in [0.2, 0.25) is 0 Å². The normalized spacial score (nSPS) is 10.5. The van der Waals surface area contributed by atoms with Gasteiger partial charge < -0.3 is 4.74 Å². The lowest BCUT2D eigenvalue weighted by atomic mass is 10.3. The van der Waals surface area contributed by atoms with Gasteiger partial charge in [0, 0.05) is 18.3 Å². The van der Waals surface area contributed by atoms with Gasteiger partial charge in [-0.15, -0.1) is 0 Å². The van der Waals surface area contributed by atoms with Crippen LogP contribution in [0.5, 0.6) is 5.75 Å². The smallest absolute Gasteiger partial charge is 0.133 e. The summed E-state index contributed by atoms with van der Waals surface area (Å²) in [4.78, 5) is 0. The first-order chi connectivity index (χ1) is 8.20. The largest absolute Gasteiger partial charge is 0.488 e. The van der Waals surface area contributed by atoms with Crippen LogP contribution in [0.15, 0.2) is 34.9 Å². The Hall–Kier alpha value is -1.29. The fourth-order valence-corrected chi connectivity index (χ4v) is 1.98. The summed E-state index contributed by atoms with van der Waals surface area (Å²) in [6, 6.07) is 7.85. The summed E-state index contributed by atoms with van der Waals surface area (Å²) < 4.78 is 8.66. The van der Waals surface area contributed by atoms with Gasteiger partial charge in [0.05, 0.1) is 10.2 Å². The molecule has 0 aliphatic rings. The first-order valence-corrected chi connectivity index (χ1v) is 6.40. The number of hydrogen-bond donors (Lipinski definition) is 0. The second-order valence-corrected chi connectivity index (χ2v) is 4.67. The lowest BCUT2D eigenvalue weighted by Gasteiger charge is -2.06. The van der Waals surface area contributed by atoms with Gasteiger partial charge >= 0.3 is 0 Å². The van der Waals surface area contributed by atoms with Gasteiger partial charge in [-0.1, -0.05) is 12.1 Å². The van der Waals surface area contributed by atoms with Crippen LogP contribution >= 0.6 is 15.9 Å². The lowest BCUT2D eigenvalue weighted by Crippen LogP contribution is -1.96. The van der Waals surface area contributed by atoms with E-state index in [9.17, 15) is 0 Å². The average molecular weight is 295 g/mol. The zero-order chi connectivity index (χ0) is 12.3. The van der Waals surface area contributed by atoms with Gasteiger partial charge in [0.15, 0.2) is 0 Å². The van der Waals surface area contributed by atoms with Gasteiger partial charge in [-0.2, -0.15) is 5.10 Å². The minimum atomic E-state index is 0.550. The molecule has 4 heteroatoms. The molecule has 0 fully saturated rings. The highest BCUT2D eigenvalue weighted by Gasteiger charge is 2.06. The molecule has 0 spiro atoms. The minimum absolute atomic E-state index is 0.550. The van der Waals surface area contributed by atoms with E-state index in [1.807, 2.05) is 42.1 Å². The molecule has 0 aliphatic carbocycles. The zero-order valence-corrected chi connectivity index (χ0v) is 11.6. The summed E-state index contributed by atoms with van der Waals surface area (Å²) in [5, 5.41) is 4.39. The molecule has 0 saturated carbocycles. The lowest BCUT2D eigenvalue weighted by molar-refractivity contribution is 0.303.